The number of anilines is 1. The molecule has 0 radical (unpaired) electrons. The Morgan fingerprint density at radius 1 is 1.00 bits per heavy atom. The minimum Gasteiger partial charge on any atom is -0.320 e. The van der Waals surface area contributed by atoms with Crippen molar-refractivity contribution in [2.75, 3.05) is 5.32 Å². The first-order valence-electron chi connectivity index (χ1n) is 6.24. The molecule has 0 atom stereocenters. The Labute approximate surface area is 153 Å². The Morgan fingerprint density at radius 2 is 1.70 bits per heavy atom. The van der Waals surface area contributed by atoms with Gasteiger partial charge in [-0.3, -0.25) is 4.79 Å². The molecule has 3 nitrogen and oxygen atoms in total. The average molecular weight is 386 g/mol. The van der Waals surface area contributed by atoms with Crippen LogP contribution in [0.2, 0.25) is 20.1 Å². The van der Waals surface area contributed by atoms with E-state index in [0.717, 1.165) is 0 Å². The molecule has 116 valence electrons. The van der Waals surface area contributed by atoms with Crippen LogP contribution in [0.15, 0.2) is 42.0 Å². The van der Waals surface area contributed by atoms with Crippen LogP contribution in [-0.4, -0.2) is 5.91 Å². The lowest BCUT2D eigenvalue weighted by molar-refractivity contribution is -0.112. The molecule has 0 bridgehead atoms. The molecule has 0 aliphatic heterocycles. The van der Waals surface area contributed by atoms with Crippen LogP contribution in [0.25, 0.3) is 6.08 Å². The monoisotopic (exact) mass is 384 g/mol. The number of hydrogen-bond donors (Lipinski definition) is 1. The highest BCUT2D eigenvalue weighted by atomic mass is 35.5. The van der Waals surface area contributed by atoms with Crippen molar-refractivity contribution in [3.05, 3.63) is 67.6 Å². The van der Waals surface area contributed by atoms with Crippen molar-refractivity contribution in [1.29, 1.82) is 5.26 Å². The smallest absolute Gasteiger partial charge is 0.266 e. The number of amides is 1. The van der Waals surface area contributed by atoms with Crippen molar-refractivity contribution in [1.82, 2.24) is 0 Å². The van der Waals surface area contributed by atoms with Gasteiger partial charge in [-0.05, 0) is 42.0 Å². The number of nitriles is 1. The fourth-order valence-electron chi connectivity index (χ4n) is 1.70. The number of halogens is 4. The average Bonchev–Trinajstić information content (AvgIpc) is 2.51. The first-order chi connectivity index (χ1) is 10.9. The SMILES string of the molecule is N#C/C(=C\c1ccc(Cl)c(Cl)c1)C(=O)Nc1cc(Cl)ccc1Cl. The summed E-state index contributed by atoms with van der Waals surface area (Å²) in [5, 5.41) is 13.2. The zero-order valence-electron chi connectivity index (χ0n) is 11.4. The summed E-state index contributed by atoms with van der Waals surface area (Å²) in [7, 11) is 0. The van der Waals surface area contributed by atoms with Crippen LogP contribution in [-0.2, 0) is 4.79 Å². The second-order valence-corrected chi connectivity index (χ2v) is 6.08. The second-order valence-electron chi connectivity index (χ2n) is 4.42. The van der Waals surface area contributed by atoms with E-state index in [0.29, 0.717) is 31.3 Å². The lowest BCUT2D eigenvalue weighted by Crippen LogP contribution is -2.13. The van der Waals surface area contributed by atoms with Gasteiger partial charge >= 0.3 is 0 Å². The molecule has 0 unspecified atom stereocenters. The van der Waals surface area contributed by atoms with Crippen molar-refractivity contribution in [3.8, 4) is 6.07 Å². The normalized spacial score (nSPS) is 11.0. The van der Waals surface area contributed by atoms with E-state index in [4.69, 9.17) is 46.4 Å². The predicted molar refractivity (Wildman–Crippen MR) is 95.1 cm³/mol. The van der Waals surface area contributed by atoms with Gasteiger partial charge in [0.2, 0.25) is 0 Å². The second kappa shape index (κ2) is 7.72. The lowest BCUT2D eigenvalue weighted by atomic mass is 10.1. The number of hydrogen-bond acceptors (Lipinski definition) is 2. The van der Waals surface area contributed by atoms with Crippen LogP contribution in [0.5, 0.6) is 0 Å². The van der Waals surface area contributed by atoms with Crippen molar-refractivity contribution < 1.29 is 4.79 Å². The van der Waals surface area contributed by atoms with Crippen LogP contribution in [0, 0.1) is 11.3 Å². The van der Waals surface area contributed by atoms with Crippen LogP contribution >= 0.6 is 46.4 Å². The van der Waals surface area contributed by atoms with Gasteiger partial charge in [-0.25, -0.2) is 0 Å². The molecule has 0 fully saturated rings. The van der Waals surface area contributed by atoms with Gasteiger partial charge in [0.25, 0.3) is 5.91 Å². The molecule has 7 heteroatoms. The summed E-state index contributed by atoms with van der Waals surface area (Å²) in [5.41, 5.74) is 0.780. The molecule has 1 N–H and O–H groups in total. The van der Waals surface area contributed by atoms with Crippen LogP contribution in [0.3, 0.4) is 0 Å². The van der Waals surface area contributed by atoms with Gasteiger partial charge in [0.05, 0.1) is 20.8 Å². The van der Waals surface area contributed by atoms with E-state index in [1.807, 2.05) is 6.07 Å². The van der Waals surface area contributed by atoms with Gasteiger partial charge < -0.3 is 5.32 Å². The Bertz CT molecular complexity index is 840. The van der Waals surface area contributed by atoms with Crippen LogP contribution in [0.4, 0.5) is 5.69 Å². The van der Waals surface area contributed by atoms with E-state index >= 15 is 0 Å². The molecule has 23 heavy (non-hydrogen) atoms. The number of benzene rings is 2. The van der Waals surface area contributed by atoms with E-state index in [9.17, 15) is 10.1 Å². The molecular formula is C16H8Cl4N2O. The largest absolute Gasteiger partial charge is 0.320 e. The maximum atomic E-state index is 12.2. The lowest BCUT2D eigenvalue weighted by Gasteiger charge is -2.07. The van der Waals surface area contributed by atoms with Crippen molar-refractivity contribution >= 4 is 64.1 Å². The summed E-state index contributed by atoms with van der Waals surface area (Å²) >= 11 is 23.6. The third-order valence-electron chi connectivity index (χ3n) is 2.80. The minimum absolute atomic E-state index is 0.112. The molecule has 0 aliphatic rings. The standard InChI is InChI=1S/C16H8Cl4N2O/c17-11-2-4-13(19)15(7-11)22-16(23)10(8-21)5-9-1-3-12(18)14(20)6-9/h1-7H,(H,22,23)/b10-5+. The van der Waals surface area contributed by atoms with Crippen molar-refractivity contribution in [2.45, 2.75) is 0 Å². The number of carbonyl (C=O) groups excluding carboxylic acids is 1. The zero-order chi connectivity index (χ0) is 17.0. The molecular weight excluding hydrogens is 378 g/mol. The molecule has 2 rings (SSSR count). The number of nitrogens with zero attached hydrogens (tertiary/aromatic N) is 1. The molecule has 0 spiro atoms. The highest BCUT2D eigenvalue weighted by molar-refractivity contribution is 6.42. The number of rotatable bonds is 3. The highest BCUT2D eigenvalue weighted by Crippen LogP contribution is 2.26. The fraction of sp³-hybridized carbons (Fsp3) is 0. The van der Waals surface area contributed by atoms with E-state index in [2.05, 4.69) is 5.32 Å². The molecule has 0 heterocycles. The van der Waals surface area contributed by atoms with Crippen LogP contribution in [0.1, 0.15) is 5.56 Å². The van der Waals surface area contributed by atoms with Gasteiger partial charge in [-0.15, -0.1) is 0 Å². The Kier molecular flexibility index (Phi) is 5.92. The predicted octanol–water partition coefficient (Wildman–Crippen LogP) is 5.85. The summed E-state index contributed by atoms with van der Waals surface area (Å²) in [5.74, 6) is -0.609. The third-order valence-corrected chi connectivity index (χ3v) is 4.10. The zero-order valence-corrected chi connectivity index (χ0v) is 14.4. The van der Waals surface area contributed by atoms with Gasteiger partial charge in [-0.2, -0.15) is 5.26 Å². The number of carbonyl (C=O) groups is 1. The van der Waals surface area contributed by atoms with Gasteiger partial charge in [0.1, 0.15) is 11.6 Å². The summed E-state index contributed by atoms with van der Waals surface area (Å²) in [6, 6.07) is 11.3. The summed E-state index contributed by atoms with van der Waals surface area (Å²) in [6.45, 7) is 0. The maximum Gasteiger partial charge on any atom is 0.266 e. The van der Waals surface area contributed by atoms with E-state index in [-0.39, 0.29) is 5.57 Å². The minimum atomic E-state index is -0.609. The van der Waals surface area contributed by atoms with Crippen LogP contribution < -0.4 is 5.32 Å². The van der Waals surface area contributed by atoms with Crippen molar-refractivity contribution in [3.63, 3.8) is 0 Å². The molecule has 2 aromatic carbocycles. The summed E-state index contributed by atoms with van der Waals surface area (Å²) < 4.78 is 0. The molecule has 1 amide bonds. The Morgan fingerprint density at radius 3 is 2.35 bits per heavy atom. The van der Waals surface area contributed by atoms with E-state index < -0.39 is 5.91 Å². The summed E-state index contributed by atoms with van der Waals surface area (Å²) in [4.78, 5) is 12.2. The van der Waals surface area contributed by atoms with Gasteiger partial charge in [0.15, 0.2) is 0 Å². The topological polar surface area (TPSA) is 52.9 Å². The first kappa shape index (κ1) is 17.7. The Balaban J connectivity index is 2.28. The quantitative estimate of drug-likeness (QED) is 0.532. The number of nitrogens with one attached hydrogen (secondary N) is 1. The van der Waals surface area contributed by atoms with E-state index in [1.54, 1.807) is 30.3 Å². The molecule has 2 aromatic rings. The van der Waals surface area contributed by atoms with Gasteiger partial charge in [-0.1, -0.05) is 52.5 Å². The fourth-order valence-corrected chi connectivity index (χ4v) is 2.34. The third kappa shape index (κ3) is 4.63. The maximum absolute atomic E-state index is 12.2. The molecule has 0 saturated carbocycles. The molecule has 0 aliphatic carbocycles. The van der Waals surface area contributed by atoms with Crippen molar-refractivity contribution in [2.24, 2.45) is 0 Å². The van der Waals surface area contributed by atoms with E-state index in [1.165, 1.54) is 12.1 Å². The molecule has 0 saturated heterocycles. The Hall–Kier alpha value is -1.70. The highest BCUT2D eigenvalue weighted by Gasteiger charge is 2.12. The summed E-state index contributed by atoms with van der Waals surface area (Å²) in [6.07, 6.45) is 1.40. The molecule has 0 aromatic heterocycles. The first-order valence-corrected chi connectivity index (χ1v) is 7.75. The van der Waals surface area contributed by atoms with Gasteiger partial charge in [0, 0.05) is 5.02 Å².